The van der Waals surface area contributed by atoms with Crippen molar-refractivity contribution < 1.29 is 13.6 Å². The Balaban J connectivity index is 1.80. The molecular formula is C16H12F2N2O. The van der Waals surface area contributed by atoms with Crippen molar-refractivity contribution in [3.8, 4) is 0 Å². The lowest BCUT2D eigenvalue weighted by molar-refractivity contribution is 0.0977. The summed E-state index contributed by atoms with van der Waals surface area (Å²) in [4.78, 5) is 16.0. The molecule has 0 aliphatic carbocycles. The molecule has 0 radical (unpaired) electrons. The van der Waals surface area contributed by atoms with Crippen LogP contribution in [0.4, 0.5) is 8.78 Å². The van der Waals surface area contributed by atoms with E-state index >= 15 is 0 Å². The molecule has 0 aliphatic rings. The summed E-state index contributed by atoms with van der Waals surface area (Å²) in [5, 5.41) is 0. The van der Waals surface area contributed by atoms with E-state index in [0.29, 0.717) is 23.1 Å². The Hall–Kier alpha value is -2.56. The van der Waals surface area contributed by atoms with E-state index in [9.17, 15) is 13.6 Å². The standard InChI is InChI=1S/C16H12F2N2O/c17-12-8-14-15(9-13(12)18)20(10-19-14)7-6-16(21)11-4-2-1-3-5-11/h1-5,8-10H,6-7H2. The molecule has 106 valence electrons. The first-order valence-electron chi connectivity index (χ1n) is 6.53. The molecular weight excluding hydrogens is 274 g/mol. The van der Waals surface area contributed by atoms with Crippen molar-refractivity contribution in [2.24, 2.45) is 0 Å². The number of rotatable bonds is 4. The maximum absolute atomic E-state index is 13.3. The topological polar surface area (TPSA) is 34.9 Å². The summed E-state index contributed by atoms with van der Waals surface area (Å²) < 4.78 is 28.1. The van der Waals surface area contributed by atoms with Crippen molar-refractivity contribution in [2.75, 3.05) is 0 Å². The molecule has 0 spiro atoms. The number of benzene rings is 2. The van der Waals surface area contributed by atoms with Crippen LogP contribution in [0.15, 0.2) is 48.8 Å². The maximum atomic E-state index is 13.3. The maximum Gasteiger partial charge on any atom is 0.164 e. The molecule has 0 saturated heterocycles. The van der Waals surface area contributed by atoms with Gasteiger partial charge in [0.15, 0.2) is 17.4 Å². The third-order valence-corrected chi connectivity index (χ3v) is 3.34. The van der Waals surface area contributed by atoms with Crippen molar-refractivity contribution in [3.63, 3.8) is 0 Å². The normalized spacial score (nSPS) is 11.0. The Bertz CT molecular complexity index is 797. The van der Waals surface area contributed by atoms with Crippen LogP contribution in [0.3, 0.4) is 0 Å². The molecule has 1 heterocycles. The third-order valence-electron chi connectivity index (χ3n) is 3.34. The summed E-state index contributed by atoms with van der Waals surface area (Å²) >= 11 is 0. The monoisotopic (exact) mass is 286 g/mol. The lowest BCUT2D eigenvalue weighted by atomic mass is 10.1. The number of carbonyl (C=O) groups excluding carboxylic acids is 1. The fraction of sp³-hybridized carbons (Fsp3) is 0.125. The molecule has 21 heavy (non-hydrogen) atoms. The minimum absolute atomic E-state index is 0.0000311. The van der Waals surface area contributed by atoms with E-state index in [1.807, 2.05) is 6.07 Å². The highest BCUT2D eigenvalue weighted by atomic mass is 19.2. The van der Waals surface area contributed by atoms with Gasteiger partial charge >= 0.3 is 0 Å². The van der Waals surface area contributed by atoms with Crippen LogP contribution >= 0.6 is 0 Å². The molecule has 3 aromatic rings. The fourth-order valence-electron chi connectivity index (χ4n) is 2.22. The highest BCUT2D eigenvalue weighted by Gasteiger charge is 2.11. The van der Waals surface area contributed by atoms with E-state index in [0.717, 1.165) is 12.1 Å². The van der Waals surface area contributed by atoms with Crippen molar-refractivity contribution >= 4 is 16.8 Å². The Morgan fingerprint density at radius 1 is 1.10 bits per heavy atom. The van der Waals surface area contributed by atoms with Gasteiger partial charge < -0.3 is 4.57 Å². The number of aromatic nitrogens is 2. The number of hydrogen-bond donors (Lipinski definition) is 0. The van der Waals surface area contributed by atoms with E-state index in [-0.39, 0.29) is 12.2 Å². The average Bonchev–Trinajstić information content (AvgIpc) is 2.88. The average molecular weight is 286 g/mol. The molecule has 0 unspecified atom stereocenters. The Kier molecular flexibility index (Phi) is 3.48. The Labute approximate surface area is 119 Å². The molecule has 0 saturated carbocycles. The van der Waals surface area contributed by atoms with Crippen LogP contribution in [0.25, 0.3) is 11.0 Å². The van der Waals surface area contributed by atoms with Gasteiger partial charge in [-0.3, -0.25) is 4.79 Å². The second-order valence-corrected chi connectivity index (χ2v) is 4.73. The molecule has 2 aromatic carbocycles. The van der Waals surface area contributed by atoms with Gasteiger partial charge in [-0.1, -0.05) is 30.3 Å². The number of hydrogen-bond acceptors (Lipinski definition) is 2. The summed E-state index contributed by atoms with van der Waals surface area (Å²) in [5.74, 6) is -1.84. The number of ketones is 1. The summed E-state index contributed by atoms with van der Waals surface area (Å²) in [6, 6.07) is 11.1. The van der Waals surface area contributed by atoms with Crippen LogP contribution in [0.2, 0.25) is 0 Å². The second-order valence-electron chi connectivity index (χ2n) is 4.73. The largest absolute Gasteiger partial charge is 0.330 e. The SMILES string of the molecule is O=C(CCn1cnc2cc(F)c(F)cc21)c1ccccc1. The van der Waals surface area contributed by atoms with Crippen molar-refractivity contribution in [1.82, 2.24) is 9.55 Å². The fourth-order valence-corrected chi connectivity index (χ4v) is 2.22. The lowest BCUT2D eigenvalue weighted by Gasteiger charge is -2.04. The van der Waals surface area contributed by atoms with Crippen LogP contribution in [0.5, 0.6) is 0 Å². The van der Waals surface area contributed by atoms with E-state index < -0.39 is 11.6 Å². The van der Waals surface area contributed by atoms with Gasteiger partial charge in [0, 0.05) is 30.7 Å². The Morgan fingerprint density at radius 2 is 1.81 bits per heavy atom. The summed E-state index contributed by atoms with van der Waals surface area (Å²) in [6.45, 7) is 0.370. The quantitative estimate of drug-likeness (QED) is 0.687. The molecule has 5 heteroatoms. The summed E-state index contributed by atoms with van der Waals surface area (Å²) in [5.41, 5.74) is 1.50. The first-order chi connectivity index (χ1) is 10.1. The summed E-state index contributed by atoms with van der Waals surface area (Å²) in [7, 11) is 0. The zero-order valence-corrected chi connectivity index (χ0v) is 11.1. The number of fused-ring (bicyclic) bond motifs is 1. The van der Waals surface area contributed by atoms with E-state index in [4.69, 9.17) is 0 Å². The lowest BCUT2D eigenvalue weighted by Crippen LogP contribution is -2.05. The number of nitrogens with zero attached hydrogens (tertiary/aromatic N) is 2. The van der Waals surface area contributed by atoms with Gasteiger partial charge in [-0.15, -0.1) is 0 Å². The molecule has 3 nitrogen and oxygen atoms in total. The van der Waals surface area contributed by atoms with Gasteiger partial charge in [-0.2, -0.15) is 0 Å². The van der Waals surface area contributed by atoms with Crippen LogP contribution < -0.4 is 0 Å². The molecule has 0 amide bonds. The van der Waals surface area contributed by atoms with E-state index in [1.54, 1.807) is 28.8 Å². The molecule has 1 aromatic heterocycles. The number of carbonyl (C=O) groups is 1. The second kappa shape index (κ2) is 5.44. The highest BCUT2D eigenvalue weighted by molar-refractivity contribution is 5.96. The zero-order valence-electron chi connectivity index (χ0n) is 11.1. The third kappa shape index (κ3) is 2.67. The van der Waals surface area contributed by atoms with Gasteiger partial charge in [0.25, 0.3) is 0 Å². The number of halogens is 2. The molecule has 0 atom stereocenters. The minimum atomic E-state index is -0.923. The smallest absolute Gasteiger partial charge is 0.164 e. The van der Waals surface area contributed by atoms with Crippen molar-refractivity contribution in [3.05, 3.63) is 66.0 Å². The van der Waals surface area contributed by atoms with Gasteiger partial charge in [0.2, 0.25) is 0 Å². The van der Waals surface area contributed by atoms with Crippen molar-refractivity contribution in [1.29, 1.82) is 0 Å². The summed E-state index contributed by atoms with van der Waals surface area (Å²) in [6.07, 6.45) is 1.76. The van der Waals surface area contributed by atoms with Gasteiger partial charge in [0.05, 0.1) is 17.4 Å². The zero-order chi connectivity index (χ0) is 14.8. The van der Waals surface area contributed by atoms with Crippen LogP contribution in [-0.4, -0.2) is 15.3 Å². The number of imidazole rings is 1. The van der Waals surface area contributed by atoms with E-state index in [2.05, 4.69) is 4.98 Å². The molecule has 0 aliphatic heterocycles. The molecule has 3 rings (SSSR count). The highest BCUT2D eigenvalue weighted by Crippen LogP contribution is 2.18. The van der Waals surface area contributed by atoms with Crippen molar-refractivity contribution in [2.45, 2.75) is 13.0 Å². The predicted molar refractivity (Wildman–Crippen MR) is 75.0 cm³/mol. The Morgan fingerprint density at radius 3 is 2.57 bits per heavy atom. The minimum Gasteiger partial charge on any atom is -0.330 e. The van der Waals surface area contributed by atoms with Gasteiger partial charge in [0.1, 0.15) is 0 Å². The van der Waals surface area contributed by atoms with Crippen LogP contribution in [0, 0.1) is 11.6 Å². The predicted octanol–water partition coefficient (Wildman–Crippen LogP) is 3.59. The molecule has 0 N–H and O–H groups in total. The van der Waals surface area contributed by atoms with Gasteiger partial charge in [-0.25, -0.2) is 13.8 Å². The van der Waals surface area contributed by atoms with Crippen LogP contribution in [0.1, 0.15) is 16.8 Å². The van der Waals surface area contributed by atoms with Crippen LogP contribution in [-0.2, 0) is 6.54 Å². The molecule has 0 bridgehead atoms. The van der Waals surface area contributed by atoms with Gasteiger partial charge in [-0.05, 0) is 0 Å². The molecule has 0 fully saturated rings. The number of Topliss-reactive ketones (excluding diaryl/α,β-unsaturated/α-hetero) is 1. The first-order valence-corrected chi connectivity index (χ1v) is 6.53. The first kappa shape index (κ1) is 13.4. The number of aryl methyl sites for hydroxylation is 1. The van der Waals surface area contributed by atoms with E-state index in [1.165, 1.54) is 6.33 Å².